The van der Waals surface area contributed by atoms with Gasteiger partial charge in [-0.15, -0.1) is 0 Å². The van der Waals surface area contributed by atoms with E-state index in [2.05, 4.69) is 4.98 Å². The second-order valence-corrected chi connectivity index (χ2v) is 6.28. The van der Waals surface area contributed by atoms with Crippen molar-refractivity contribution in [1.29, 1.82) is 0 Å². The summed E-state index contributed by atoms with van der Waals surface area (Å²) < 4.78 is 1.58. The van der Waals surface area contributed by atoms with Gasteiger partial charge in [-0.1, -0.05) is 12.1 Å². The smallest absolute Gasteiger partial charge is 0.335 e. The van der Waals surface area contributed by atoms with Gasteiger partial charge in [-0.2, -0.15) is 0 Å². The van der Waals surface area contributed by atoms with Crippen molar-refractivity contribution in [2.75, 3.05) is 0 Å². The lowest BCUT2D eigenvalue weighted by molar-refractivity contribution is 0.0686. The Hall–Kier alpha value is -3.74. The molecule has 2 heterocycles. The van der Waals surface area contributed by atoms with Crippen molar-refractivity contribution in [1.82, 2.24) is 9.55 Å². The Morgan fingerprint density at radius 1 is 1.00 bits per heavy atom. The van der Waals surface area contributed by atoms with Crippen LogP contribution >= 0.6 is 0 Å². The number of carboxylic acids is 2. The maximum absolute atomic E-state index is 12.7. The monoisotopic (exact) mass is 362 g/mol. The molecule has 0 fully saturated rings. The number of fused-ring (bicyclic) bond motifs is 2. The van der Waals surface area contributed by atoms with E-state index in [0.29, 0.717) is 29.7 Å². The minimum atomic E-state index is -1.08. The zero-order valence-corrected chi connectivity index (χ0v) is 14.0. The van der Waals surface area contributed by atoms with Crippen molar-refractivity contribution in [3.63, 3.8) is 0 Å². The van der Waals surface area contributed by atoms with E-state index in [1.165, 1.54) is 30.3 Å². The van der Waals surface area contributed by atoms with E-state index in [1.54, 1.807) is 16.7 Å². The summed E-state index contributed by atoms with van der Waals surface area (Å²) in [5.74, 6) is -1.56. The maximum atomic E-state index is 12.7. The van der Waals surface area contributed by atoms with Crippen LogP contribution in [-0.4, -0.2) is 31.7 Å². The molecule has 1 aromatic heterocycles. The maximum Gasteiger partial charge on any atom is 0.335 e. The largest absolute Gasteiger partial charge is 0.478 e. The molecule has 0 atom stereocenters. The quantitative estimate of drug-likeness (QED) is 0.741. The van der Waals surface area contributed by atoms with Gasteiger partial charge in [0.15, 0.2) is 0 Å². The third-order valence-electron chi connectivity index (χ3n) is 4.59. The first-order chi connectivity index (χ1) is 12.9. The zero-order valence-electron chi connectivity index (χ0n) is 14.0. The minimum absolute atomic E-state index is 0.0761. The van der Waals surface area contributed by atoms with E-state index in [9.17, 15) is 14.4 Å². The summed E-state index contributed by atoms with van der Waals surface area (Å²) in [6.45, 7) is 0.497. The number of rotatable bonds is 3. The SMILES string of the molecule is O=C(O)c1ccc(/C=C2\CCn3c2nc2cc(C(=O)O)ccc2c3=O)cc1. The molecule has 1 aliphatic heterocycles. The molecule has 0 bridgehead atoms. The van der Waals surface area contributed by atoms with E-state index in [4.69, 9.17) is 10.2 Å². The Kier molecular flexibility index (Phi) is 3.84. The van der Waals surface area contributed by atoms with Crippen LogP contribution in [0, 0.1) is 0 Å². The number of benzene rings is 2. The average molecular weight is 362 g/mol. The van der Waals surface area contributed by atoms with Gasteiger partial charge in [-0.05, 0) is 54.0 Å². The van der Waals surface area contributed by atoms with Crippen LogP contribution in [0.15, 0.2) is 47.3 Å². The first-order valence-corrected chi connectivity index (χ1v) is 8.26. The number of nitrogens with zero attached hydrogens (tertiary/aromatic N) is 2. The summed E-state index contributed by atoms with van der Waals surface area (Å²) in [7, 11) is 0. The molecule has 7 nitrogen and oxygen atoms in total. The van der Waals surface area contributed by atoms with Gasteiger partial charge in [0.05, 0.1) is 22.0 Å². The second-order valence-electron chi connectivity index (χ2n) is 6.28. The lowest BCUT2D eigenvalue weighted by Crippen LogP contribution is -2.21. The Morgan fingerprint density at radius 3 is 2.33 bits per heavy atom. The van der Waals surface area contributed by atoms with Crippen LogP contribution in [0.1, 0.15) is 38.5 Å². The Labute approximate surface area is 152 Å². The summed E-state index contributed by atoms with van der Waals surface area (Å²) in [5.41, 5.74) is 2.07. The molecule has 0 amide bonds. The molecule has 0 radical (unpaired) electrons. The van der Waals surface area contributed by atoms with Gasteiger partial charge in [-0.25, -0.2) is 14.6 Å². The number of allylic oxidation sites excluding steroid dienone is 1. The highest BCUT2D eigenvalue weighted by Gasteiger charge is 2.21. The van der Waals surface area contributed by atoms with Gasteiger partial charge >= 0.3 is 11.9 Å². The summed E-state index contributed by atoms with van der Waals surface area (Å²) in [6.07, 6.45) is 2.48. The molecular weight excluding hydrogens is 348 g/mol. The van der Waals surface area contributed by atoms with Gasteiger partial charge in [0.1, 0.15) is 5.82 Å². The number of hydrogen-bond acceptors (Lipinski definition) is 4. The molecular formula is C20H14N2O5. The Bertz CT molecular complexity index is 1190. The van der Waals surface area contributed by atoms with Crippen molar-refractivity contribution in [2.45, 2.75) is 13.0 Å². The van der Waals surface area contributed by atoms with Crippen molar-refractivity contribution < 1.29 is 19.8 Å². The first kappa shape index (κ1) is 16.7. The molecule has 0 saturated carbocycles. The average Bonchev–Trinajstić information content (AvgIpc) is 3.05. The lowest BCUT2D eigenvalue weighted by atomic mass is 10.1. The number of carboxylic acid groups (broad SMARTS) is 2. The van der Waals surface area contributed by atoms with Crippen LogP contribution in [0.5, 0.6) is 0 Å². The van der Waals surface area contributed by atoms with Crippen LogP contribution in [0.2, 0.25) is 0 Å². The Morgan fingerprint density at radius 2 is 1.67 bits per heavy atom. The summed E-state index contributed by atoms with van der Waals surface area (Å²) in [4.78, 5) is 39.4. The molecule has 3 aromatic rings. The van der Waals surface area contributed by atoms with Crippen LogP contribution in [0.3, 0.4) is 0 Å². The van der Waals surface area contributed by atoms with Crippen LogP contribution in [0.4, 0.5) is 0 Å². The van der Waals surface area contributed by atoms with E-state index >= 15 is 0 Å². The van der Waals surface area contributed by atoms with Crippen molar-refractivity contribution in [3.8, 4) is 0 Å². The lowest BCUT2D eigenvalue weighted by Gasteiger charge is -2.06. The predicted octanol–water partition coefficient (Wildman–Crippen LogP) is 2.74. The Balaban J connectivity index is 1.82. The van der Waals surface area contributed by atoms with Gasteiger partial charge < -0.3 is 10.2 Å². The highest BCUT2D eigenvalue weighted by Crippen LogP contribution is 2.27. The van der Waals surface area contributed by atoms with Crippen molar-refractivity contribution in [3.05, 3.63) is 75.3 Å². The molecule has 7 heteroatoms. The third kappa shape index (κ3) is 2.89. The first-order valence-electron chi connectivity index (χ1n) is 8.26. The van der Waals surface area contributed by atoms with E-state index in [0.717, 1.165) is 11.1 Å². The number of hydrogen-bond donors (Lipinski definition) is 2. The number of carbonyl (C=O) groups is 2. The normalized spacial score (nSPS) is 14.4. The molecule has 134 valence electrons. The highest BCUT2D eigenvalue weighted by molar-refractivity contribution is 5.93. The fraction of sp³-hybridized carbons (Fsp3) is 0.100. The predicted molar refractivity (Wildman–Crippen MR) is 98.9 cm³/mol. The van der Waals surface area contributed by atoms with Gasteiger partial charge in [-0.3, -0.25) is 9.36 Å². The number of aromatic nitrogens is 2. The van der Waals surface area contributed by atoms with Crippen molar-refractivity contribution >= 4 is 34.5 Å². The van der Waals surface area contributed by atoms with Gasteiger partial charge in [0.2, 0.25) is 0 Å². The topological polar surface area (TPSA) is 109 Å². The molecule has 27 heavy (non-hydrogen) atoms. The van der Waals surface area contributed by atoms with Crippen LogP contribution < -0.4 is 5.56 Å². The summed E-state index contributed by atoms with van der Waals surface area (Å²) in [5, 5.41) is 18.5. The van der Waals surface area contributed by atoms with E-state index in [1.807, 2.05) is 6.08 Å². The highest BCUT2D eigenvalue weighted by atomic mass is 16.4. The molecule has 0 aliphatic carbocycles. The fourth-order valence-corrected chi connectivity index (χ4v) is 3.21. The minimum Gasteiger partial charge on any atom is -0.478 e. The molecule has 2 aromatic carbocycles. The van der Waals surface area contributed by atoms with Crippen LogP contribution in [0.25, 0.3) is 22.6 Å². The molecule has 0 spiro atoms. The second kappa shape index (κ2) is 6.21. The zero-order chi connectivity index (χ0) is 19.1. The van der Waals surface area contributed by atoms with Gasteiger partial charge in [0.25, 0.3) is 5.56 Å². The molecule has 1 aliphatic rings. The standard InChI is InChI=1S/C20H14N2O5/c23-18-15-6-5-14(20(26)27)10-16(15)21-17-13(7-8-22(17)18)9-11-1-3-12(4-2-11)19(24)25/h1-6,9-10H,7-8H2,(H,24,25)(H,26,27)/b13-9+. The third-order valence-corrected chi connectivity index (χ3v) is 4.59. The molecule has 0 saturated heterocycles. The summed E-state index contributed by atoms with van der Waals surface area (Å²) in [6, 6.07) is 10.7. The number of aromatic carboxylic acids is 2. The van der Waals surface area contributed by atoms with Crippen LogP contribution in [-0.2, 0) is 6.54 Å². The fourth-order valence-electron chi connectivity index (χ4n) is 3.21. The van der Waals surface area contributed by atoms with Crippen molar-refractivity contribution in [2.24, 2.45) is 0 Å². The van der Waals surface area contributed by atoms with Gasteiger partial charge in [0, 0.05) is 6.54 Å². The summed E-state index contributed by atoms with van der Waals surface area (Å²) >= 11 is 0. The molecule has 0 unspecified atom stereocenters. The molecule has 4 rings (SSSR count). The van der Waals surface area contributed by atoms with E-state index < -0.39 is 11.9 Å². The molecule has 2 N–H and O–H groups in total. The van der Waals surface area contributed by atoms with E-state index in [-0.39, 0.29) is 16.7 Å².